The lowest BCUT2D eigenvalue weighted by atomic mass is 9.77. The van der Waals surface area contributed by atoms with Crippen LogP contribution < -0.4 is 24.3 Å². The number of nitrogens with one attached hydrogen (secondary N) is 1. The van der Waals surface area contributed by atoms with Crippen LogP contribution in [0.4, 0.5) is 0 Å². The Bertz CT molecular complexity index is 1360. The molecule has 2 aromatic carbocycles. The SMILES string of the molecule is CCOCC(=O)N(CCc1cc(OC)ccc1OC)C1C=C(C(=O)NCCO)C2c3cc(C=O)cc(OC)c3OC2C1O. The maximum absolute atomic E-state index is 13.6. The number of aliphatic hydroxyl groups is 2. The molecule has 1 aliphatic carbocycles. The summed E-state index contributed by atoms with van der Waals surface area (Å²) in [5.41, 5.74) is 1.82. The molecule has 0 radical (unpaired) electrons. The molecular weight excluding hydrogens is 560 g/mol. The van der Waals surface area contributed by atoms with Crippen LogP contribution in [0.3, 0.4) is 0 Å². The van der Waals surface area contributed by atoms with Crippen LogP contribution in [0.25, 0.3) is 0 Å². The van der Waals surface area contributed by atoms with Gasteiger partial charge >= 0.3 is 0 Å². The molecule has 0 aromatic heterocycles. The summed E-state index contributed by atoms with van der Waals surface area (Å²) in [5.74, 6) is 0.144. The molecule has 4 atom stereocenters. The Morgan fingerprint density at radius 2 is 1.86 bits per heavy atom. The number of rotatable bonds is 14. The van der Waals surface area contributed by atoms with Gasteiger partial charge in [0.05, 0.1) is 39.9 Å². The predicted octanol–water partition coefficient (Wildman–Crippen LogP) is 1.26. The van der Waals surface area contributed by atoms with Crippen molar-refractivity contribution in [3.8, 4) is 23.0 Å². The van der Waals surface area contributed by atoms with Crippen LogP contribution in [0.1, 0.15) is 34.3 Å². The smallest absolute Gasteiger partial charge is 0.249 e. The van der Waals surface area contributed by atoms with E-state index in [0.717, 1.165) is 5.56 Å². The lowest BCUT2D eigenvalue weighted by molar-refractivity contribution is -0.141. The summed E-state index contributed by atoms with van der Waals surface area (Å²) < 4.78 is 28.0. The van der Waals surface area contributed by atoms with E-state index in [4.69, 9.17) is 23.7 Å². The van der Waals surface area contributed by atoms with Gasteiger partial charge in [-0.3, -0.25) is 14.4 Å². The number of nitrogens with zero attached hydrogens (tertiary/aromatic N) is 1. The van der Waals surface area contributed by atoms with Crippen molar-refractivity contribution in [2.45, 2.75) is 37.5 Å². The van der Waals surface area contributed by atoms with Crippen LogP contribution in [-0.4, -0.2) is 106 Å². The molecule has 0 saturated carbocycles. The highest BCUT2D eigenvalue weighted by Gasteiger charge is 2.51. The fraction of sp³-hybridized carbons (Fsp3) is 0.452. The maximum atomic E-state index is 13.6. The molecule has 43 heavy (non-hydrogen) atoms. The Morgan fingerprint density at radius 1 is 1.09 bits per heavy atom. The molecule has 1 aliphatic heterocycles. The zero-order chi connectivity index (χ0) is 31.1. The van der Waals surface area contributed by atoms with Crippen molar-refractivity contribution >= 4 is 18.1 Å². The number of benzene rings is 2. The lowest BCUT2D eigenvalue weighted by Crippen LogP contribution is -2.56. The van der Waals surface area contributed by atoms with E-state index in [1.807, 2.05) is 6.07 Å². The van der Waals surface area contributed by atoms with Gasteiger partial charge in [0, 0.05) is 36.4 Å². The van der Waals surface area contributed by atoms with Gasteiger partial charge in [-0.1, -0.05) is 0 Å². The van der Waals surface area contributed by atoms with Gasteiger partial charge in [-0.15, -0.1) is 0 Å². The van der Waals surface area contributed by atoms with Gasteiger partial charge in [-0.25, -0.2) is 0 Å². The minimum Gasteiger partial charge on any atom is -0.497 e. The Hall–Kier alpha value is -4.13. The predicted molar refractivity (Wildman–Crippen MR) is 155 cm³/mol. The average Bonchev–Trinajstić information content (AvgIpc) is 3.42. The molecule has 4 unspecified atom stereocenters. The molecule has 12 heteroatoms. The van der Waals surface area contributed by atoms with E-state index in [1.54, 1.807) is 45.4 Å². The Labute approximate surface area is 250 Å². The molecule has 2 aromatic rings. The summed E-state index contributed by atoms with van der Waals surface area (Å²) in [6.45, 7) is 1.70. The molecule has 2 amide bonds. The number of amides is 2. The monoisotopic (exact) mass is 598 g/mol. The Kier molecular flexibility index (Phi) is 10.6. The van der Waals surface area contributed by atoms with Crippen molar-refractivity contribution < 1.29 is 48.3 Å². The normalized spacial score (nSPS) is 20.2. The average molecular weight is 599 g/mol. The van der Waals surface area contributed by atoms with Gasteiger partial charge in [0.25, 0.3) is 0 Å². The first-order valence-corrected chi connectivity index (χ1v) is 14.0. The highest BCUT2D eigenvalue weighted by atomic mass is 16.5. The molecule has 0 saturated heterocycles. The summed E-state index contributed by atoms with van der Waals surface area (Å²) in [4.78, 5) is 40.2. The van der Waals surface area contributed by atoms with Crippen LogP contribution in [0.2, 0.25) is 0 Å². The van der Waals surface area contributed by atoms with Crippen LogP contribution in [0.15, 0.2) is 42.0 Å². The highest BCUT2D eigenvalue weighted by Crippen LogP contribution is 2.51. The molecule has 0 bridgehead atoms. The van der Waals surface area contributed by atoms with Gasteiger partial charge in [0.15, 0.2) is 11.5 Å². The maximum Gasteiger partial charge on any atom is 0.249 e. The molecule has 2 aliphatic rings. The van der Waals surface area contributed by atoms with Gasteiger partial charge in [-0.2, -0.15) is 0 Å². The summed E-state index contributed by atoms with van der Waals surface area (Å²) in [6, 6.07) is 7.49. The highest BCUT2D eigenvalue weighted by molar-refractivity contribution is 5.96. The van der Waals surface area contributed by atoms with Crippen LogP contribution in [0.5, 0.6) is 23.0 Å². The topological polar surface area (TPSA) is 153 Å². The molecule has 1 heterocycles. The second-order valence-corrected chi connectivity index (χ2v) is 10.1. The van der Waals surface area contributed by atoms with Crippen molar-refractivity contribution in [2.24, 2.45) is 0 Å². The van der Waals surface area contributed by atoms with E-state index in [1.165, 1.54) is 18.1 Å². The molecule has 3 N–H and O–H groups in total. The summed E-state index contributed by atoms with van der Waals surface area (Å²) in [5, 5.41) is 23.8. The first-order valence-electron chi connectivity index (χ1n) is 14.0. The minimum atomic E-state index is -1.27. The van der Waals surface area contributed by atoms with Gasteiger partial charge < -0.3 is 44.1 Å². The first-order chi connectivity index (χ1) is 20.8. The van der Waals surface area contributed by atoms with E-state index < -0.39 is 36.0 Å². The fourth-order valence-electron chi connectivity index (χ4n) is 5.59. The van der Waals surface area contributed by atoms with Gasteiger partial charge in [0.1, 0.15) is 36.6 Å². The Morgan fingerprint density at radius 3 is 2.51 bits per heavy atom. The molecule has 12 nitrogen and oxygen atoms in total. The number of methoxy groups -OCH3 is 3. The van der Waals surface area contributed by atoms with E-state index in [9.17, 15) is 24.6 Å². The van der Waals surface area contributed by atoms with Crippen molar-refractivity contribution in [1.82, 2.24) is 10.2 Å². The third kappa shape index (κ3) is 6.61. The second kappa shape index (κ2) is 14.4. The van der Waals surface area contributed by atoms with Gasteiger partial charge in [-0.05, 0) is 55.3 Å². The zero-order valence-corrected chi connectivity index (χ0v) is 24.7. The van der Waals surface area contributed by atoms with Crippen molar-refractivity contribution in [2.75, 3.05) is 54.2 Å². The fourth-order valence-corrected chi connectivity index (χ4v) is 5.59. The van der Waals surface area contributed by atoms with Crippen LogP contribution in [0, 0.1) is 0 Å². The number of aliphatic hydroxyl groups excluding tert-OH is 2. The van der Waals surface area contributed by atoms with Crippen LogP contribution >= 0.6 is 0 Å². The number of fused-ring (bicyclic) bond motifs is 3. The zero-order valence-electron chi connectivity index (χ0n) is 24.7. The third-order valence-electron chi connectivity index (χ3n) is 7.63. The quantitative estimate of drug-likeness (QED) is 0.271. The van der Waals surface area contributed by atoms with Gasteiger partial charge in [0.2, 0.25) is 11.8 Å². The van der Waals surface area contributed by atoms with E-state index in [-0.39, 0.29) is 37.6 Å². The molecular formula is C31H38N2O10. The Balaban J connectivity index is 1.77. The number of hydrogen-bond donors (Lipinski definition) is 3. The van der Waals surface area contributed by atoms with Crippen LogP contribution in [-0.2, 0) is 20.7 Å². The molecule has 4 rings (SSSR count). The molecule has 232 valence electrons. The standard InChI is InChI=1S/C31H38N2O10/c1-5-42-17-26(36)33(10-8-19-14-20(39-2)6-7-24(19)40-3)23-15-22(31(38)32-9-11-34)27-21-12-18(16-35)13-25(41-4)29(21)43-30(27)28(23)37/h6-7,12-16,23,27-28,30,34,37H,5,8-11,17H2,1-4H3,(H,32,38). The van der Waals surface area contributed by atoms with E-state index in [2.05, 4.69) is 5.32 Å². The lowest BCUT2D eigenvalue weighted by Gasteiger charge is -2.40. The number of aldehydes is 1. The minimum absolute atomic E-state index is 0.00515. The van der Waals surface area contributed by atoms with E-state index in [0.29, 0.717) is 47.7 Å². The number of ether oxygens (including phenoxy) is 5. The number of carbonyl (C=O) groups is 3. The summed E-state index contributed by atoms with van der Waals surface area (Å²) in [7, 11) is 4.54. The summed E-state index contributed by atoms with van der Waals surface area (Å²) >= 11 is 0. The van der Waals surface area contributed by atoms with Crippen molar-refractivity contribution in [3.63, 3.8) is 0 Å². The van der Waals surface area contributed by atoms with Crippen molar-refractivity contribution in [3.05, 3.63) is 58.7 Å². The van der Waals surface area contributed by atoms with Crippen molar-refractivity contribution in [1.29, 1.82) is 0 Å². The number of carbonyl (C=O) groups excluding carboxylic acids is 3. The molecule has 0 spiro atoms. The summed E-state index contributed by atoms with van der Waals surface area (Å²) in [6.07, 6.45) is 0.309. The third-order valence-corrected chi connectivity index (χ3v) is 7.63. The van der Waals surface area contributed by atoms with E-state index >= 15 is 0 Å². The largest absolute Gasteiger partial charge is 0.497 e. The molecule has 0 fully saturated rings. The first kappa shape index (κ1) is 31.8. The second-order valence-electron chi connectivity index (χ2n) is 10.1. The number of hydrogen-bond acceptors (Lipinski definition) is 10.